The lowest BCUT2D eigenvalue weighted by Gasteiger charge is -2.27. The molecule has 1 saturated heterocycles. The summed E-state index contributed by atoms with van der Waals surface area (Å²) in [6, 6.07) is 3.99. The quantitative estimate of drug-likeness (QED) is 0.920. The van der Waals surface area contributed by atoms with Crippen molar-refractivity contribution in [2.24, 2.45) is 5.41 Å². The van der Waals surface area contributed by atoms with E-state index in [-0.39, 0.29) is 6.42 Å². The van der Waals surface area contributed by atoms with E-state index < -0.39 is 23.3 Å². The van der Waals surface area contributed by atoms with E-state index in [1.54, 1.807) is 6.92 Å². The molecule has 1 N–H and O–H groups in total. The van der Waals surface area contributed by atoms with Crippen LogP contribution in [0.15, 0.2) is 18.2 Å². The zero-order valence-corrected chi connectivity index (χ0v) is 10.7. The molecule has 0 radical (unpaired) electrons. The molecule has 2 unspecified atom stereocenters. The molecule has 2 rings (SSSR count). The average molecular weight is 273 g/mol. The highest BCUT2D eigenvalue weighted by Gasteiger charge is 2.48. The molecule has 1 aromatic carbocycles. The molecule has 1 fully saturated rings. The number of halogens is 2. The second kappa shape index (κ2) is 4.86. The largest absolute Gasteiger partial charge is 0.481 e. The van der Waals surface area contributed by atoms with Crippen LogP contribution in [0.1, 0.15) is 18.9 Å². The molecule has 0 aliphatic carbocycles. The van der Waals surface area contributed by atoms with Crippen LogP contribution in [0.25, 0.3) is 0 Å². The Labute approximate surface area is 110 Å². The minimum absolute atomic E-state index is 0.181. The molecule has 0 saturated carbocycles. The van der Waals surface area contributed by atoms with Crippen LogP contribution < -0.4 is 0 Å². The van der Waals surface area contributed by atoms with E-state index >= 15 is 0 Å². The van der Waals surface area contributed by atoms with Gasteiger partial charge in [0.15, 0.2) is 0 Å². The Morgan fingerprint density at radius 3 is 2.94 bits per heavy atom. The van der Waals surface area contributed by atoms with Crippen LogP contribution in [0, 0.1) is 11.2 Å². The molecular formula is C13H14ClFO3. The lowest BCUT2D eigenvalue weighted by atomic mass is 9.76. The van der Waals surface area contributed by atoms with Crippen molar-refractivity contribution in [3.8, 4) is 0 Å². The van der Waals surface area contributed by atoms with E-state index in [1.807, 2.05) is 0 Å². The highest BCUT2D eigenvalue weighted by molar-refractivity contribution is 6.31. The SMILES string of the molecule is CC1OCCC1(Cc1cc(F)ccc1Cl)C(=O)O. The van der Waals surface area contributed by atoms with Crippen LogP contribution >= 0.6 is 11.6 Å². The van der Waals surface area contributed by atoms with Gasteiger partial charge in [-0.15, -0.1) is 0 Å². The second-order valence-electron chi connectivity index (χ2n) is 4.64. The van der Waals surface area contributed by atoms with E-state index in [0.29, 0.717) is 23.6 Å². The molecule has 0 amide bonds. The summed E-state index contributed by atoms with van der Waals surface area (Å²) >= 11 is 5.99. The van der Waals surface area contributed by atoms with Crippen molar-refractivity contribution in [1.82, 2.24) is 0 Å². The monoisotopic (exact) mass is 272 g/mol. The number of carboxylic acids is 1. The van der Waals surface area contributed by atoms with Crippen LogP contribution in [0.2, 0.25) is 5.02 Å². The zero-order chi connectivity index (χ0) is 13.3. The summed E-state index contributed by atoms with van der Waals surface area (Å²) in [6.45, 7) is 2.13. The van der Waals surface area contributed by atoms with Crippen LogP contribution in [0.5, 0.6) is 0 Å². The van der Waals surface area contributed by atoms with E-state index in [4.69, 9.17) is 16.3 Å². The van der Waals surface area contributed by atoms with E-state index in [9.17, 15) is 14.3 Å². The maximum absolute atomic E-state index is 13.2. The van der Waals surface area contributed by atoms with E-state index in [2.05, 4.69) is 0 Å². The number of hydrogen-bond donors (Lipinski definition) is 1. The Hall–Kier alpha value is -1.13. The Morgan fingerprint density at radius 2 is 2.39 bits per heavy atom. The molecule has 5 heteroatoms. The Kier molecular flexibility index (Phi) is 3.59. The van der Waals surface area contributed by atoms with E-state index in [1.165, 1.54) is 18.2 Å². The molecule has 3 nitrogen and oxygen atoms in total. The fraction of sp³-hybridized carbons (Fsp3) is 0.462. The smallest absolute Gasteiger partial charge is 0.312 e. The van der Waals surface area contributed by atoms with Crippen LogP contribution in [-0.2, 0) is 16.0 Å². The summed E-state index contributed by atoms with van der Waals surface area (Å²) in [6.07, 6.45) is 0.186. The van der Waals surface area contributed by atoms with Gasteiger partial charge in [0, 0.05) is 11.6 Å². The van der Waals surface area contributed by atoms with Crippen LogP contribution in [0.3, 0.4) is 0 Å². The summed E-state index contributed by atoms with van der Waals surface area (Å²) in [4.78, 5) is 11.5. The zero-order valence-electron chi connectivity index (χ0n) is 9.95. The van der Waals surface area contributed by atoms with Gasteiger partial charge in [0.05, 0.1) is 11.5 Å². The predicted molar refractivity (Wildman–Crippen MR) is 65.2 cm³/mol. The van der Waals surface area contributed by atoms with Gasteiger partial charge >= 0.3 is 5.97 Å². The minimum Gasteiger partial charge on any atom is -0.481 e. The summed E-state index contributed by atoms with van der Waals surface area (Å²) in [5.74, 6) is -1.34. The summed E-state index contributed by atoms with van der Waals surface area (Å²) in [5, 5.41) is 9.82. The third kappa shape index (κ3) is 2.22. The molecule has 18 heavy (non-hydrogen) atoms. The summed E-state index contributed by atoms with van der Waals surface area (Å²) in [7, 11) is 0. The van der Waals surface area contributed by atoms with Gasteiger partial charge in [-0.05, 0) is 43.5 Å². The molecular weight excluding hydrogens is 259 g/mol. The maximum Gasteiger partial charge on any atom is 0.312 e. The first-order valence-corrected chi connectivity index (χ1v) is 6.12. The van der Waals surface area contributed by atoms with Gasteiger partial charge in [-0.1, -0.05) is 11.6 Å². The molecule has 98 valence electrons. The topological polar surface area (TPSA) is 46.5 Å². The fourth-order valence-electron chi connectivity index (χ4n) is 2.39. The Morgan fingerprint density at radius 1 is 1.67 bits per heavy atom. The predicted octanol–water partition coefficient (Wildman–Crippen LogP) is 2.90. The number of benzene rings is 1. The summed E-state index contributed by atoms with van der Waals surface area (Å²) in [5.41, 5.74) is -0.506. The second-order valence-corrected chi connectivity index (χ2v) is 5.04. The van der Waals surface area contributed by atoms with E-state index in [0.717, 1.165) is 0 Å². The van der Waals surface area contributed by atoms with Gasteiger partial charge in [0.2, 0.25) is 0 Å². The number of ether oxygens (including phenoxy) is 1. The van der Waals surface area contributed by atoms with Crippen molar-refractivity contribution in [3.05, 3.63) is 34.6 Å². The van der Waals surface area contributed by atoms with Crippen molar-refractivity contribution in [3.63, 3.8) is 0 Å². The number of carbonyl (C=O) groups is 1. The van der Waals surface area contributed by atoms with Crippen molar-refractivity contribution in [2.45, 2.75) is 25.9 Å². The number of rotatable bonds is 3. The van der Waals surface area contributed by atoms with Crippen LogP contribution in [0.4, 0.5) is 4.39 Å². The summed E-state index contributed by atoms with van der Waals surface area (Å²) < 4.78 is 18.6. The lowest BCUT2D eigenvalue weighted by Crippen LogP contribution is -2.39. The molecule has 0 spiro atoms. The Bertz CT molecular complexity index is 477. The van der Waals surface area contributed by atoms with Gasteiger partial charge in [-0.25, -0.2) is 4.39 Å². The first-order chi connectivity index (χ1) is 8.45. The number of hydrogen-bond acceptors (Lipinski definition) is 2. The highest BCUT2D eigenvalue weighted by Crippen LogP contribution is 2.40. The maximum atomic E-state index is 13.2. The first-order valence-electron chi connectivity index (χ1n) is 5.74. The molecule has 1 aromatic rings. The lowest BCUT2D eigenvalue weighted by molar-refractivity contribution is -0.151. The van der Waals surface area contributed by atoms with Crippen LogP contribution in [-0.4, -0.2) is 23.8 Å². The highest BCUT2D eigenvalue weighted by atomic mass is 35.5. The number of aliphatic carboxylic acids is 1. The van der Waals surface area contributed by atoms with Crippen molar-refractivity contribution < 1.29 is 19.0 Å². The van der Waals surface area contributed by atoms with Crippen molar-refractivity contribution >= 4 is 17.6 Å². The third-order valence-electron chi connectivity index (χ3n) is 3.63. The molecule has 1 heterocycles. The first kappa shape index (κ1) is 13.3. The Balaban J connectivity index is 2.35. The molecule has 2 atom stereocenters. The van der Waals surface area contributed by atoms with Gasteiger partial charge in [0.1, 0.15) is 5.82 Å². The molecule has 1 aliphatic rings. The average Bonchev–Trinajstić information content (AvgIpc) is 2.67. The van der Waals surface area contributed by atoms with Crippen molar-refractivity contribution in [1.29, 1.82) is 0 Å². The normalized spacial score (nSPS) is 27.4. The van der Waals surface area contributed by atoms with Gasteiger partial charge < -0.3 is 9.84 Å². The standard InChI is InChI=1S/C13H14ClFO3/c1-8-13(12(16)17,4-5-18-8)7-9-6-10(15)2-3-11(9)14/h2-3,6,8H,4-5,7H2,1H3,(H,16,17). The van der Waals surface area contributed by atoms with Gasteiger partial charge in [0.25, 0.3) is 0 Å². The third-order valence-corrected chi connectivity index (χ3v) is 4.00. The molecule has 0 bridgehead atoms. The molecule has 0 aromatic heterocycles. The fourth-order valence-corrected chi connectivity index (χ4v) is 2.57. The van der Waals surface area contributed by atoms with Gasteiger partial charge in [-0.2, -0.15) is 0 Å². The minimum atomic E-state index is -1.02. The number of carboxylic acid groups (broad SMARTS) is 1. The van der Waals surface area contributed by atoms with Crippen molar-refractivity contribution in [2.75, 3.05) is 6.61 Å². The van der Waals surface area contributed by atoms with Gasteiger partial charge in [-0.3, -0.25) is 4.79 Å². The molecule has 1 aliphatic heterocycles.